The van der Waals surface area contributed by atoms with E-state index in [0.717, 1.165) is 44.2 Å². The molecule has 1 heterocycles. The molecule has 0 aliphatic carbocycles. The van der Waals surface area contributed by atoms with E-state index in [9.17, 15) is 4.79 Å². The van der Waals surface area contributed by atoms with Gasteiger partial charge in [-0.1, -0.05) is 25.1 Å². The third-order valence-corrected chi connectivity index (χ3v) is 5.11. The number of aliphatic imine (C=N–C) groups is 1. The Labute approximate surface area is 180 Å². The van der Waals surface area contributed by atoms with Gasteiger partial charge in [0.25, 0.3) is 0 Å². The van der Waals surface area contributed by atoms with Gasteiger partial charge < -0.3 is 20.3 Å². The average Bonchev–Trinajstić information content (AvgIpc) is 2.69. The van der Waals surface area contributed by atoms with E-state index in [-0.39, 0.29) is 29.9 Å². The molecule has 1 fully saturated rings. The van der Waals surface area contributed by atoms with Crippen LogP contribution in [0.4, 0.5) is 0 Å². The van der Waals surface area contributed by atoms with E-state index in [4.69, 9.17) is 4.74 Å². The number of carbonyl (C=O) groups excluding carboxylic acids is 1. The lowest BCUT2D eigenvalue weighted by Gasteiger charge is -2.34. The van der Waals surface area contributed by atoms with Gasteiger partial charge in [-0.25, -0.2) is 0 Å². The van der Waals surface area contributed by atoms with Crippen LogP contribution in [-0.4, -0.2) is 57.6 Å². The maximum Gasteiger partial charge on any atom is 0.220 e. The third kappa shape index (κ3) is 6.86. The van der Waals surface area contributed by atoms with E-state index in [1.165, 1.54) is 5.56 Å². The van der Waals surface area contributed by atoms with Crippen LogP contribution in [0.5, 0.6) is 5.75 Å². The van der Waals surface area contributed by atoms with Crippen LogP contribution >= 0.6 is 24.0 Å². The number of hydrogen-bond donors (Lipinski definition) is 2. The van der Waals surface area contributed by atoms with Gasteiger partial charge in [-0.15, -0.1) is 24.0 Å². The number of nitrogens with zero attached hydrogens (tertiary/aromatic N) is 2. The van der Waals surface area contributed by atoms with E-state index in [1.807, 2.05) is 25.2 Å². The first kappa shape index (κ1) is 23.5. The fourth-order valence-electron chi connectivity index (χ4n) is 3.47. The number of halogens is 1. The minimum atomic E-state index is 0. The number of likely N-dealkylation sites (tertiary alicyclic amines) is 1. The first-order valence-corrected chi connectivity index (χ1v) is 9.38. The van der Waals surface area contributed by atoms with Crippen molar-refractivity contribution >= 4 is 35.8 Å². The van der Waals surface area contributed by atoms with Crippen molar-refractivity contribution in [2.45, 2.75) is 32.1 Å². The zero-order valence-electron chi connectivity index (χ0n) is 16.8. The van der Waals surface area contributed by atoms with Gasteiger partial charge in [0.15, 0.2) is 5.96 Å². The smallest absolute Gasteiger partial charge is 0.220 e. The fraction of sp³-hybridized carbons (Fsp3) is 0.600. The molecule has 27 heavy (non-hydrogen) atoms. The van der Waals surface area contributed by atoms with Crippen molar-refractivity contribution in [2.75, 3.05) is 40.8 Å². The number of rotatable bonds is 6. The molecule has 0 saturated carbocycles. The molecule has 6 nitrogen and oxygen atoms in total. The Balaban J connectivity index is 0.00000364. The minimum absolute atomic E-state index is 0. The molecule has 1 aromatic rings. The zero-order chi connectivity index (χ0) is 18.9. The number of guanidine groups is 1. The number of carbonyl (C=O) groups is 1. The standard InChI is InChI=1S/C20H32N4O2.HI/c1-15(17-7-5-6-8-18(17)26-4)14-23-20(22-3)24-11-9-16(10-12-24)13-19(25)21-2;/h5-8,15-16H,9-14H2,1-4H3,(H,21,25)(H,22,23);1H. The van der Waals surface area contributed by atoms with Crippen molar-refractivity contribution in [1.82, 2.24) is 15.5 Å². The normalized spacial score (nSPS) is 16.3. The summed E-state index contributed by atoms with van der Waals surface area (Å²) in [7, 11) is 5.24. The van der Waals surface area contributed by atoms with Crippen molar-refractivity contribution in [1.29, 1.82) is 0 Å². The van der Waals surface area contributed by atoms with Gasteiger partial charge in [-0.3, -0.25) is 9.79 Å². The maximum absolute atomic E-state index is 11.5. The summed E-state index contributed by atoms with van der Waals surface area (Å²) in [4.78, 5) is 18.3. The summed E-state index contributed by atoms with van der Waals surface area (Å²) in [6, 6.07) is 8.14. The highest BCUT2D eigenvalue weighted by Crippen LogP contribution is 2.26. The molecular weight excluding hydrogens is 455 g/mol. The van der Waals surface area contributed by atoms with Gasteiger partial charge in [0.05, 0.1) is 7.11 Å². The molecule has 1 saturated heterocycles. The van der Waals surface area contributed by atoms with Crippen LogP contribution in [0.2, 0.25) is 0 Å². The highest BCUT2D eigenvalue weighted by molar-refractivity contribution is 14.0. The minimum Gasteiger partial charge on any atom is -0.496 e. The Hall–Kier alpha value is -1.51. The van der Waals surface area contributed by atoms with E-state index < -0.39 is 0 Å². The van der Waals surface area contributed by atoms with Crippen molar-refractivity contribution < 1.29 is 9.53 Å². The molecule has 1 aromatic carbocycles. The predicted octanol–water partition coefficient (Wildman–Crippen LogP) is 2.84. The number of benzene rings is 1. The molecule has 7 heteroatoms. The van der Waals surface area contributed by atoms with Crippen molar-refractivity contribution in [3.63, 3.8) is 0 Å². The number of amides is 1. The monoisotopic (exact) mass is 488 g/mol. The average molecular weight is 488 g/mol. The number of hydrogen-bond acceptors (Lipinski definition) is 3. The lowest BCUT2D eigenvalue weighted by Crippen LogP contribution is -2.46. The molecule has 2 rings (SSSR count). The molecule has 1 aliphatic rings. The molecular formula is C20H33IN4O2. The summed E-state index contributed by atoms with van der Waals surface area (Å²) in [5.74, 6) is 2.78. The number of nitrogens with one attached hydrogen (secondary N) is 2. The largest absolute Gasteiger partial charge is 0.496 e. The van der Waals surface area contributed by atoms with Crippen LogP contribution in [0.15, 0.2) is 29.3 Å². The molecule has 0 bridgehead atoms. The van der Waals surface area contributed by atoms with Crippen molar-refractivity contribution in [3.8, 4) is 5.75 Å². The first-order valence-electron chi connectivity index (χ1n) is 9.38. The summed E-state index contributed by atoms with van der Waals surface area (Å²) in [6.45, 7) is 4.85. The number of methoxy groups -OCH3 is 1. The number of para-hydroxylation sites is 1. The first-order chi connectivity index (χ1) is 12.6. The van der Waals surface area contributed by atoms with Crippen LogP contribution in [-0.2, 0) is 4.79 Å². The Morgan fingerprint density at radius 2 is 2.00 bits per heavy atom. The Morgan fingerprint density at radius 3 is 2.59 bits per heavy atom. The van der Waals surface area contributed by atoms with E-state index in [2.05, 4.69) is 33.5 Å². The molecule has 152 valence electrons. The Morgan fingerprint density at radius 1 is 1.33 bits per heavy atom. The van der Waals surface area contributed by atoms with Gasteiger partial charge in [0.2, 0.25) is 5.91 Å². The second kappa shape index (κ2) is 12.0. The van der Waals surface area contributed by atoms with Crippen molar-refractivity contribution in [3.05, 3.63) is 29.8 Å². The second-order valence-electron chi connectivity index (χ2n) is 6.88. The van der Waals surface area contributed by atoms with E-state index in [1.54, 1.807) is 14.2 Å². The van der Waals surface area contributed by atoms with Crippen LogP contribution in [0.25, 0.3) is 0 Å². The molecule has 0 aromatic heterocycles. The topological polar surface area (TPSA) is 66.0 Å². The highest BCUT2D eigenvalue weighted by Gasteiger charge is 2.23. The highest BCUT2D eigenvalue weighted by atomic mass is 127. The van der Waals surface area contributed by atoms with Gasteiger partial charge in [-0.2, -0.15) is 0 Å². The quantitative estimate of drug-likeness (QED) is 0.367. The molecule has 2 N–H and O–H groups in total. The second-order valence-corrected chi connectivity index (χ2v) is 6.88. The number of ether oxygens (including phenoxy) is 1. The third-order valence-electron chi connectivity index (χ3n) is 5.11. The van der Waals surface area contributed by atoms with Crippen LogP contribution in [0, 0.1) is 5.92 Å². The molecule has 0 radical (unpaired) electrons. The van der Waals surface area contributed by atoms with E-state index in [0.29, 0.717) is 18.3 Å². The molecule has 1 atom stereocenters. The summed E-state index contributed by atoms with van der Waals surface area (Å²) in [6.07, 6.45) is 2.67. The SMILES string of the molecule is CN=C(NCC(C)c1ccccc1OC)N1CCC(CC(=O)NC)CC1.I. The summed E-state index contributed by atoms with van der Waals surface area (Å²) >= 11 is 0. The Kier molecular flexibility index (Phi) is 10.5. The van der Waals surface area contributed by atoms with Crippen LogP contribution < -0.4 is 15.4 Å². The summed E-state index contributed by atoms with van der Waals surface area (Å²) in [5, 5.41) is 6.21. The molecule has 1 amide bonds. The van der Waals surface area contributed by atoms with Gasteiger partial charge in [0, 0.05) is 46.1 Å². The van der Waals surface area contributed by atoms with Crippen molar-refractivity contribution in [2.24, 2.45) is 10.9 Å². The fourth-order valence-corrected chi connectivity index (χ4v) is 3.47. The zero-order valence-corrected chi connectivity index (χ0v) is 19.2. The van der Waals surface area contributed by atoms with E-state index >= 15 is 0 Å². The molecule has 0 spiro atoms. The van der Waals surface area contributed by atoms with Gasteiger partial charge >= 0.3 is 0 Å². The Bertz CT molecular complexity index is 616. The molecule has 1 aliphatic heterocycles. The van der Waals surface area contributed by atoms with Gasteiger partial charge in [-0.05, 0) is 30.4 Å². The van der Waals surface area contributed by atoms with Crippen LogP contribution in [0.1, 0.15) is 37.7 Å². The number of piperidine rings is 1. The summed E-state index contributed by atoms with van der Waals surface area (Å²) < 4.78 is 5.47. The maximum atomic E-state index is 11.5. The molecule has 1 unspecified atom stereocenters. The predicted molar refractivity (Wildman–Crippen MR) is 121 cm³/mol. The lowest BCUT2D eigenvalue weighted by molar-refractivity contribution is -0.121. The summed E-state index contributed by atoms with van der Waals surface area (Å²) in [5.41, 5.74) is 1.20. The lowest BCUT2D eigenvalue weighted by atomic mass is 9.93. The van der Waals surface area contributed by atoms with Gasteiger partial charge in [0.1, 0.15) is 5.75 Å². The van der Waals surface area contributed by atoms with Crippen LogP contribution in [0.3, 0.4) is 0 Å².